The van der Waals surface area contributed by atoms with Crippen LogP contribution in [0.2, 0.25) is 0 Å². The molecule has 0 unspecified atom stereocenters. The van der Waals surface area contributed by atoms with Gasteiger partial charge in [0.05, 0.1) is 0 Å². The minimum Gasteiger partial charge on any atom is -0.480 e. The van der Waals surface area contributed by atoms with Crippen LogP contribution in [0, 0.1) is 0 Å². The highest BCUT2D eigenvalue weighted by Crippen LogP contribution is 2.02. The summed E-state index contributed by atoms with van der Waals surface area (Å²) in [6.45, 7) is 0. The molecule has 90 valence electrons. The number of hydrogen-bond acceptors (Lipinski definition) is 4. The van der Waals surface area contributed by atoms with Crippen LogP contribution in [0.5, 0.6) is 0 Å². The van der Waals surface area contributed by atoms with E-state index >= 15 is 0 Å². The molecule has 0 aliphatic heterocycles. The second-order valence-electron chi connectivity index (χ2n) is 3.23. The molecule has 17 heavy (non-hydrogen) atoms. The van der Waals surface area contributed by atoms with Crippen molar-refractivity contribution in [3.8, 4) is 0 Å². The molecule has 1 aromatic carbocycles. The molecule has 1 N–H and O–H groups in total. The van der Waals surface area contributed by atoms with Gasteiger partial charge in [0.25, 0.3) is 0 Å². The number of allylic oxidation sites excluding steroid dienone is 1. The molecular weight excluding hydrogens is 244 g/mol. The first-order valence-electron chi connectivity index (χ1n) is 4.63. The summed E-state index contributed by atoms with van der Waals surface area (Å²) in [6, 6.07) is 8.09. The van der Waals surface area contributed by atoms with Crippen LogP contribution >= 0.6 is 0 Å². The number of rotatable bonds is 5. The van der Waals surface area contributed by atoms with Gasteiger partial charge in [0.2, 0.25) is 0 Å². The zero-order chi connectivity index (χ0) is 12.9. The van der Waals surface area contributed by atoms with Crippen molar-refractivity contribution < 1.29 is 23.1 Å². The van der Waals surface area contributed by atoms with Crippen LogP contribution in [0.4, 0.5) is 0 Å². The Balaban J connectivity index is 2.79. The molecule has 1 rings (SSSR count). The summed E-state index contributed by atoms with van der Waals surface area (Å²) in [5.41, 5.74) is 0.342. The standard InChI is InChI=1S/C11H10O5S/c12-10(9-4-2-1-3-5-9)6-7-17(15,16)8-11(13)14/h1-7H,8H2,(H,13,14)/b7-6+. The number of benzene rings is 1. The Kier molecular flexibility index (Phi) is 4.17. The first-order chi connectivity index (χ1) is 7.91. The lowest BCUT2D eigenvalue weighted by molar-refractivity contribution is -0.134. The largest absolute Gasteiger partial charge is 0.480 e. The summed E-state index contributed by atoms with van der Waals surface area (Å²) in [7, 11) is -3.88. The van der Waals surface area contributed by atoms with E-state index in [1.165, 1.54) is 12.1 Å². The van der Waals surface area contributed by atoms with Gasteiger partial charge in [-0.3, -0.25) is 9.59 Å². The topological polar surface area (TPSA) is 88.5 Å². The SMILES string of the molecule is O=C(O)CS(=O)(=O)/C=C/C(=O)c1ccccc1. The molecule has 0 aliphatic rings. The van der Waals surface area contributed by atoms with Crippen molar-refractivity contribution >= 4 is 21.6 Å². The Morgan fingerprint density at radius 2 is 1.76 bits per heavy atom. The van der Waals surface area contributed by atoms with E-state index in [1.54, 1.807) is 18.2 Å². The number of carbonyl (C=O) groups excluding carboxylic acids is 1. The average molecular weight is 254 g/mol. The van der Waals surface area contributed by atoms with Gasteiger partial charge in [-0.2, -0.15) is 0 Å². The zero-order valence-corrected chi connectivity index (χ0v) is 9.55. The average Bonchev–Trinajstić information content (AvgIpc) is 2.25. The molecule has 0 fully saturated rings. The van der Waals surface area contributed by atoms with Crippen LogP contribution in [0.1, 0.15) is 10.4 Å². The summed E-state index contributed by atoms with van der Waals surface area (Å²) in [4.78, 5) is 21.7. The summed E-state index contributed by atoms with van der Waals surface area (Å²) in [6.07, 6.45) is 0.855. The molecule has 0 atom stereocenters. The van der Waals surface area contributed by atoms with Crippen molar-refractivity contribution in [2.24, 2.45) is 0 Å². The van der Waals surface area contributed by atoms with Gasteiger partial charge in [0.1, 0.15) is 0 Å². The van der Waals surface area contributed by atoms with E-state index < -0.39 is 27.3 Å². The zero-order valence-electron chi connectivity index (χ0n) is 8.74. The highest BCUT2D eigenvalue weighted by Gasteiger charge is 2.12. The second-order valence-corrected chi connectivity index (χ2v) is 5.12. The molecule has 6 heteroatoms. The van der Waals surface area contributed by atoms with Crippen LogP contribution in [0.3, 0.4) is 0 Å². The van der Waals surface area contributed by atoms with Gasteiger partial charge in [-0.05, 0) is 6.08 Å². The molecule has 0 bridgehead atoms. The lowest BCUT2D eigenvalue weighted by Gasteiger charge is -1.95. The van der Waals surface area contributed by atoms with Gasteiger partial charge < -0.3 is 5.11 Å². The molecular formula is C11H10O5S. The maximum Gasteiger partial charge on any atom is 0.319 e. The third-order valence-electron chi connectivity index (χ3n) is 1.81. The van der Waals surface area contributed by atoms with Crippen molar-refractivity contribution in [2.75, 3.05) is 5.75 Å². The predicted molar refractivity (Wildman–Crippen MR) is 61.3 cm³/mol. The summed E-state index contributed by atoms with van der Waals surface area (Å²) in [5.74, 6) is -2.97. The quantitative estimate of drug-likeness (QED) is 0.622. The Hall–Kier alpha value is -1.95. The number of carbonyl (C=O) groups is 2. The summed E-state index contributed by atoms with van der Waals surface area (Å²) in [5, 5.41) is 8.95. The van der Waals surface area contributed by atoms with Gasteiger partial charge in [-0.15, -0.1) is 0 Å². The summed E-state index contributed by atoms with van der Waals surface area (Å²) < 4.78 is 22.3. The van der Waals surface area contributed by atoms with E-state index in [2.05, 4.69) is 0 Å². The minimum atomic E-state index is -3.88. The van der Waals surface area contributed by atoms with E-state index in [1.807, 2.05) is 0 Å². The molecule has 0 spiro atoms. The predicted octanol–water partition coefficient (Wildman–Crippen LogP) is 0.882. The maximum atomic E-state index is 11.5. The van der Waals surface area contributed by atoms with Crippen molar-refractivity contribution in [3.63, 3.8) is 0 Å². The van der Waals surface area contributed by atoms with E-state index in [4.69, 9.17) is 5.11 Å². The molecule has 5 nitrogen and oxygen atoms in total. The highest BCUT2D eigenvalue weighted by atomic mass is 32.2. The van der Waals surface area contributed by atoms with E-state index in [9.17, 15) is 18.0 Å². The van der Waals surface area contributed by atoms with Gasteiger partial charge in [0.15, 0.2) is 21.4 Å². The molecule has 0 radical (unpaired) electrons. The fraction of sp³-hybridized carbons (Fsp3) is 0.0909. The Morgan fingerprint density at radius 3 is 2.29 bits per heavy atom. The number of aliphatic carboxylic acids is 1. The normalized spacial score (nSPS) is 11.5. The van der Waals surface area contributed by atoms with Crippen molar-refractivity contribution in [2.45, 2.75) is 0 Å². The van der Waals surface area contributed by atoms with Gasteiger partial charge in [-0.25, -0.2) is 8.42 Å². The Bertz CT molecular complexity index is 542. The summed E-state index contributed by atoms with van der Waals surface area (Å²) >= 11 is 0. The highest BCUT2D eigenvalue weighted by molar-refractivity contribution is 7.94. The molecule has 0 saturated heterocycles. The van der Waals surface area contributed by atoms with Crippen molar-refractivity contribution in [1.29, 1.82) is 0 Å². The van der Waals surface area contributed by atoms with Gasteiger partial charge >= 0.3 is 5.97 Å². The fourth-order valence-corrected chi connectivity index (χ4v) is 1.86. The Labute approximate surface area is 98.3 Å². The Morgan fingerprint density at radius 1 is 1.18 bits per heavy atom. The second kappa shape index (κ2) is 5.40. The number of ketones is 1. The number of hydrogen-bond donors (Lipinski definition) is 1. The van der Waals surface area contributed by atoms with Crippen molar-refractivity contribution in [3.05, 3.63) is 47.4 Å². The van der Waals surface area contributed by atoms with Crippen LogP contribution in [-0.2, 0) is 14.6 Å². The molecule has 0 aliphatic carbocycles. The van der Waals surface area contributed by atoms with Gasteiger partial charge in [-0.1, -0.05) is 30.3 Å². The van der Waals surface area contributed by atoms with Crippen LogP contribution in [0.15, 0.2) is 41.8 Å². The van der Waals surface area contributed by atoms with E-state index in [0.29, 0.717) is 11.0 Å². The smallest absolute Gasteiger partial charge is 0.319 e. The van der Waals surface area contributed by atoms with Crippen LogP contribution in [0.25, 0.3) is 0 Å². The van der Waals surface area contributed by atoms with E-state index in [0.717, 1.165) is 6.08 Å². The first-order valence-corrected chi connectivity index (χ1v) is 6.34. The minimum absolute atomic E-state index is 0.342. The molecule has 0 heterocycles. The van der Waals surface area contributed by atoms with Crippen LogP contribution < -0.4 is 0 Å². The third kappa shape index (κ3) is 4.60. The third-order valence-corrected chi connectivity index (χ3v) is 3.01. The van der Waals surface area contributed by atoms with E-state index in [-0.39, 0.29) is 0 Å². The van der Waals surface area contributed by atoms with Crippen molar-refractivity contribution in [1.82, 2.24) is 0 Å². The maximum absolute atomic E-state index is 11.5. The number of carboxylic acids is 1. The fourth-order valence-electron chi connectivity index (χ4n) is 1.08. The number of sulfone groups is 1. The lowest BCUT2D eigenvalue weighted by Crippen LogP contribution is -2.12. The van der Waals surface area contributed by atoms with Gasteiger partial charge in [0, 0.05) is 11.0 Å². The first kappa shape index (κ1) is 13.1. The monoisotopic (exact) mass is 254 g/mol. The number of carboxylic acid groups (broad SMARTS) is 1. The van der Waals surface area contributed by atoms with Crippen LogP contribution in [-0.4, -0.2) is 31.0 Å². The lowest BCUT2D eigenvalue weighted by atomic mass is 10.1. The molecule has 1 aromatic rings. The molecule has 0 saturated carbocycles. The molecule has 0 amide bonds. The molecule has 0 aromatic heterocycles.